The number of aromatic nitrogens is 1. The number of nitrogens with one attached hydrogen (secondary N) is 2. The second-order valence-corrected chi connectivity index (χ2v) is 6.63. The summed E-state index contributed by atoms with van der Waals surface area (Å²) in [4.78, 5) is 8.99. The van der Waals surface area contributed by atoms with Crippen LogP contribution in [0.4, 0.5) is 0 Å². The van der Waals surface area contributed by atoms with E-state index in [0.29, 0.717) is 31.2 Å². The van der Waals surface area contributed by atoms with E-state index in [1.54, 1.807) is 13.3 Å². The van der Waals surface area contributed by atoms with Gasteiger partial charge < -0.3 is 20.1 Å². The largest absolute Gasteiger partial charge is 0.493 e. The van der Waals surface area contributed by atoms with Gasteiger partial charge in [-0.2, -0.15) is 0 Å². The zero-order valence-electron chi connectivity index (χ0n) is 17.5. The van der Waals surface area contributed by atoms with Gasteiger partial charge in [0.1, 0.15) is 6.61 Å². The molecule has 0 aliphatic rings. The van der Waals surface area contributed by atoms with Crippen LogP contribution in [0.3, 0.4) is 0 Å². The Morgan fingerprint density at radius 1 is 0.933 bits per heavy atom. The molecule has 0 amide bonds. The molecule has 2 N–H and O–H groups in total. The van der Waals surface area contributed by atoms with Gasteiger partial charge in [0.15, 0.2) is 17.5 Å². The minimum atomic E-state index is 0.497. The Morgan fingerprint density at radius 3 is 2.50 bits per heavy atom. The van der Waals surface area contributed by atoms with Gasteiger partial charge >= 0.3 is 0 Å². The minimum Gasteiger partial charge on any atom is -0.493 e. The summed E-state index contributed by atoms with van der Waals surface area (Å²) in [7, 11) is 1.65. The number of rotatable bonds is 9. The van der Waals surface area contributed by atoms with Crippen LogP contribution in [0.5, 0.6) is 11.5 Å². The fraction of sp³-hybridized carbons (Fsp3) is 0.250. The van der Waals surface area contributed by atoms with E-state index in [4.69, 9.17) is 9.47 Å². The van der Waals surface area contributed by atoms with E-state index in [1.165, 1.54) is 0 Å². The lowest BCUT2D eigenvalue weighted by molar-refractivity contribution is 0.284. The second kappa shape index (κ2) is 11.5. The molecule has 0 spiro atoms. The van der Waals surface area contributed by atoms with Crippen LogP contribution in [0.1, 0.15) is 23.7 Å². The van der Waals surface area contributed by atoms with E-state index < -0.39 is 0 Å². The third-order valence-electron chi connectivity index (χ3n) is 4.39. The molecule has 0 bridgehead atoms. The smallest absolute Gasteiger partial charge is 0.191 e. The number of ether oxygens (including phenoxy) is 2. The lowest BCUT2D eigenvalue weighted by atomic mass is 10.2. The van der Waals surface area contributed by atoms with Crippen LogP contribution < -0.4 is 20.1 Å². The highest BCUT2D eigenvalue weighted by atomic mass is 16.5. The first-order valence-electron chi connectivity index (χ1n) is 10.0. The van der Waals surface area contributed by atoms with Gasteiger partial charge in [-0.15, -0.1) is 0 Å². The third kappa shape index (κ3) is 6.51. The molecule has 0 unspecified atom stereocenters. The number of hydrogen-bond donors (Lipinski definition) is 2. The summed E-state index contributed by atoms with van der Waals surface area (Å²) in [6, 6.07) is 21.8. The fourth-order valence-corrected chi connectivity index (χ4v) is 2.85. The van der Waals surface area contributed by atoms with Crippen LogP contribution in [-0.4, -0.2) is 24.6 Å². The first-order valence-corrected chi connectivity index (χ1v) is 10.0. The molecule has 3 aromatic rings. The normalized spacial score (nSPS) is 11.1. The molecule has 0 fully saturated rings. The lowest BCUT2D eigenvalue weighted by Crippen LogP contribution is -2.37. The second-order valence-electron chi connectivity index (χ2n) is 6.63. The van der Waals surface area contributed by atoms with Crippen molar-refractivity contribution in [3.8, 4) is 11.5 Å². The van der Waals surface area contributed by atoms with Crippen LogP contribution in [0, 0.1) is 0 Å². The highest BCUT2D eigenvalue weighted by Crippen LogP contribution is 2.29. The van der Waals surface area contributed by atoms with E-state index >= 15 is 0 Å². The number of nitrogens with zero attached hydrogens (tertiary/aromatic N) is 2. The Balaban J connectivity index is 1.62. The molecule has 1 heterocycles. The van der Waals surface area contributed by atoms with Gasteiger partial charge in [-0.1, -0.05) is 42.5 Å². The van der Waals surface area contributed by atoms with Crippen molar-refractivity contribution in [3.63, 3.8) is 0 Å². The summed E-state index contributed by atoms with van der Waals surface area (Å²) >= 11 is 0. The van der Waals surface area contributed by atoms with Gasteiger partial charge in [0, 0.05) is 12.7 Å². The van der Waals surface area contributed by atoms with Gasteiger partial charge in [-0.3, -0.25) is 4.98 Å². The molecule has 2 aromatic carbocycles. The fourth-order valence-electron chi connectivity index (χ4n) is 2.85. The van der Waals surface area contributed by atoms with E-state index in [0.717, 1.165) is 29.3 Å². The Labute approximate surface area is 178 Å². The Kier molecular flexibility index (Phi) is 8.09. The number of pyridine rings is 1. The summed E-state index contributed by atoms with van der Waals surface area (Å²) < 4.78 is 11.4. The molecule has 3 rings (SSSR count). The standard InChI is InChI=1S/C24H28N4O2/c1-3-25-24(28-17-21-11-7-8-14-26-21)27-16-20-12-13-22(23(15-20)29-2)30-18-19-9-5-4-6-10-19/h4-15H,3,16-18H2,1-2H3,(H2,25,27,28). The number of methoxy groups -OCH3 is 1. The van der Waals surface area contributed by atoms with Crippen molar-refractivity contribution in [1.29, 1.82) is 0 Å². The van der Waals surface area contributed by atoms with Gasteiger partial charge in [-0.05, 0) is 42.3 Å². The van der Waals surface area contributed by atoms with Crippen LogP contribution >= 0.6 is 0 Å². The zero-order chi connectivity index (χ0) is 21.0. The van der Waals surface area contributed by atoms with Crippen molar-refractivity contribution in [2.75, 3.05) is 13.7 Å². The molecule has 0 aliphatic carbocycles. The summed E-state index contributed by atoms with van der Waals surface area (Å²) in [5, 5.41) is 6.56. The highest BCUT2D eigenvalue weighted by Gasteiger charge is 2.07. The topological polar surface area (TPSA) is 67.8 Å². The Bertz CT molecular complexity index is 930. The SMILES string of the molecule is CCNC(=NCc1ccc(OCc2ccccc2)c(OC)c1)NCc1ccccn1. The Hall–Kier alpha value is -3.54. The molecule has 156 valence electrons. The summed E-state index contributed by atoms with van der Waals surface area (Å²) in [5.41, 5.74) is 3.11. The first kappa shape index (κ1) is 21.2. The van der Waals surface area contributed by atoms with E-state index in [2.05, 4.69) is 20.6 Å². The maximum atomic E-state index is 5.93. The van der Waals surface area contributed by atoms with Crippen LogP contribution in [0.25, 0.3) is 0 Å². The summed E-state index contributed by atoms with van der Waals surface area (Å²) in [6.45, 7) is 4.45. The average Bonchev–Trinajstić information content (AvgIpc) is 2.81. The van der Waals surface area contributed by atoms with E-state index in [-0.39, 0.29) is 0 Å². The van der Waals surface area contributed by atoms with Gasteiger partial charge in [0.2, 0.25) is 0 Å². The van der Waals surface area contributed by atoms with Gasteiger partial charge in [-0.25, -0.2) is 4.99 Å². The summed E-state index contributed by atoms with van der Waals surface area (Å²) in [6.07, 6.45) is 1.79. The average molecular weight is 405 g/mol. The van der Waals surface area contributed by atoms with Crippen molar-refractivity contribution >= 4 is 5.96 Å². The molecule has 1 aromatic heterocycles. The molecule has 6 heteroatoms. The number of guanidine groups is 1. The maximum absolute atomic E-state index is 5.93. The minimum absolute atomic E-state index is 0.497. The highest BCUT2D eigenvalue weighted by molar-refractivity contribution is 5.79. The molecular formula is C24H28N4O2. The quantitative estimate of drug-likeness (QED) is 0.418. The maximum Gasteiger partial charge on any atom is 0.191 e. The van der Waals surface area contributed by atoms with Crippen LogP contribution in [-0.2, 0) is 19.7 Å². The molecule has 6 nitrogen and oxygen atoms in total. The van der Waals surface area contributed by atoms with Crippen molar-refractivity contribution in [3.05, 3.63) is 89.7 Å². The number of aliphatic imine (C=N–C) groups is 1. The van der Waals surface area contributed by atoms with Gasteiger partial charge in [0.05, 0.1) is 25.9 Å². The molecule has 0 saturated carbocycles. The van der Waals surface area contributed by atoms with Crippen molar-refractivity contribution in [1.82, 2.24) is 15.6 Å². The predicted molar refractivity (Wildman–Crippen MR) is 120 cm³/mol. The monoisotopic (exact) mass is 404 g/mol. The van der Waals surface area contributed by atoms with Crippen LogP contribution in [0.2, 0.25) is 0 Å². The van der Waals surface area contributed by atoms with Crippen molar-refractivity contribution in [2.24, 2.45) is 4.99 Å². The zero-order valence-corrected chi connectivity index (χ0v) is 17.5. The van der Waals surface area contributed by atoms with E-state index in [1.807, 2.05) is 73.7 Å². The van der Waals surface area contributed by atoms with E-state index in [9.17, 15) is 0 Å². The van der Waals surface area contributed by atoms with Crippen LogP contribution in [0.15, 0.2) is 77.9 Å². The number of hydrogen-bond acceptors (Lipinski definition) is 4. The first-order chi connectivity index (χ1) is 14.8. The molecule has 0 radical (unpaired) electrons. The predicted octanol–water partition coefficient (Wildman–Crippen LogP) is 3.92. The molecule has 0 aliphatic heterocycles. The van der Waals surface area contributed by atoms with Gasteiger partial charge in [0.25, 0.3) is 0 Å². The summed E-state index contributed by atoms with van der Waals surface area (Å²) in [5.74, 6) is 2.16. The number of benzene rings is 2. The molecule has 30 heavy (non-hydrogen) atoms. The third-order valence-corrected chi connectivity index (χ3v) is 4.39. The molecule has 0 saturated heterocycles. The van der Waals surface area contributed by atoms with Crippen molar-refractivity contribution in [2.45, 2.75) is 26.6 Å². The molecule has 0 atom stereocenters. The molecular weight excluding hydrogens is 376 g/mol. The Morgan fingerprint density at radius 2 is 1.77 bits per heavy atom. The lowest BCUT2D eigenvalue weighted by Gasteiger charge is -2.13. The van der Waals surface area contributed by atoms with Crippen molar-refractivity contribution < 1.29 is 9.47 Å².